The minimum Gasteiger partial charge on any atom is -0.445 e. The highest BCUT2D eigenvalue weighted by Gasteiger charge is 2.36. The number of hydrogen-bond donors (Lipinski definition) is 1. The first kappa shape index (κ1) is 18.2. The van der Waals surface area contributed by atoms with Crippen LogP contribution in [0.3, 0.4) is 0 Å². The number of nitrogens with zero attached hydrogens (tertiary/aromatic N) is 1. The minimum atomic E-state index is -1.02. The van der Waals surface area contributed by atoms with Gasteiger partial charge in [0.15, 0.2) is 17.4 Å². The number of nitrogens with one attached hydrogen (secondary N) is 1. The molecule has 7 heteroatoms. The predicted octanol–water partition coefficient (Wildman–Crippen LogP) is 4.43. The second-order valence-corrected chi connectivity index (χ2v) is 6.77. The van der Waals surface area contributed by atoms with Crippen molar-refractivity contribution in [2.45, 2.75) is 25.5 Å². The van der Waals surface area contributed by atoms with Crippen LogP contribution in [0.1, 0.15) is 28.8 Å². The summed E-state index contributed by atoms with van der Waals surface area (Å²) < 4.78 is 32.4. The molecule has 2 aromatic carbocycles. The third kappa shape index (κ3) is 3.35. The Hall–Kier alpha value is -3.22. The molecule has 1 fully saturated rings. The molecule has 4 rings (SSSR count). The van der Waals surface area contributed by atoms with E-state index in [0.717, 1.165) is 17.7 Å². The van der Waals surface area contributed by atoms with E-state index in [1.807, 2.05) is 30.3 Å². The topological polar surface area (TPSA) is 62.4 Å². The van der Waals surface area contributed by atoms with Gasteiger partial charge in [-0.05, 0) is 24.5 Å². The molecule has 0 aliphatic carbocycles. The average Bonchev–Trinajstić information content (AvgIpc) is 3.34. The Bertz CT molecular complexity index is 1030. The maximum atomic E-state index is 13.6. The Balaban J connectivity index is 1.52. The first-order valence-electron chi connectivity index (χ1n) is 9.02. The lowest BCUT2D eigenvalue weighted by atomic mass is 10.0. The first-order chi connectivity index (χ1) is 13.5. The normalized spacial score (nSPS) is 16.5. The Labute approximate surface area is 159 Å². The molecule has 1 aliphatic heterocycles. The average molecular weight is 384 g/mol. The maximum absolute atomic E-state index is 13.6. The predicted molar refractivity (Wildman–Crippen MR) is 98.9 cm³/mol. The SMILES string of the molecule is O=C(c1c[nH]c2cc(F)c(F)cc12)[C@H]1CCCN1C(=O)OCc1ccccc1. The molecule has 0 radical (unpaired) electrons. The zero-order valence-corrected chi connectivity index (χ0v) is 15.0. The van der Waals surface area contributed by atoms with E-state index in [9.17, 15) is 18.4 Å². The molecular weight excluding hydrogens is 366 g/mol. The number of ketones is 1. The maximum Gasteiger partial charge on any atom is 0.410 e. The van der Waals surface area contributed by atoms with Gasteiger partial charge in [0.05, 0.1) is 6.04 Å². The summed E-state index contributed by atoms with van der Waals surface area (Å²) in [6, 6.07) is 10.6. The van der Waals surface area contributed by atoms with Gasteiger partial charge in [0.25, 0.3) is 0 Å². The third-order valence-electron chi connectivity index (χ3n) is 4.98. The molecule has 0 saturated carbocycles. The number of aromatic amines is 1. The van der Waals surface area contributed by atoms with E-state index >= 15 is 0 Å². The Kier molecular flexibility index (Phi) is 4.81. The van der Waals surface area contributed by atoms with Crippen LogP contribution in [0.15, 0.2) is 48.7 Å². The van der Waals surface area contributed by atoms with Gasteiger partial charge in [0.2, 0.25) is 0 Å². The van der Waals surface area contributed by atoms with E-state index < -0.39 is 23.8 Å². The number of hydrogen-bond acceptors (Lipinski definition) is 3. The molecule has 28 heavy (non-hydrogen) atoms. The van der Waals surface area contributed by atoms with Gasteiger partial charge in [-0.2, -0.15) is 0 Å². The fourth-order valence-electron chi connectivity index (χ4n) is 3.56. The van der Waals surface area contributed by atoms with E-state index in [-0.39, 0.29) is 18.0 Å². The largest absolute Gasteiger partial charge is 0.445 e. The molecule has 0 unspecified atom stereocenters. The fraction of sp³-hybridized carbons (Fsp3) is 0.238. The number of carbonyl (C=O) groups excluding carboxylic acids is 2. The molecule has 1 amide bonds. The van der Waals surface area contributed by atoms with Crippen LogP contribution in [-0.2, 0) is 11.3 Å². The quantitative estimate of drug-likeness (QED) is 0.677. The van der Waals surface area contributed by atoms with Gasteiger partial charge in [-0.3, -0.25) is 9.69 Å². The molecule has 0 spiro atoms. The van der Waals surface area contributed by atoms with Crippen molar-refractivity contribution in [2.75, 3.05) is 6.54 Å². The monoisotopic (exact) mass is 384 g/mol. The molecule has 1 aromatic heterocycles. The molecule has 1 aliphatic rings. The molecule has 2 heterocycles. The van der Waals surface area contributed by atoms with Crippen molar-refractivity contribution in [1.29, 1.82) is 0 Å². The van der Waals surface area contributed by atoms with Crippen molar-refractivity contribution >= 4 is 22.8 Å². The molecule has 1 atom stereocenters. The van der Waals surface area contributed by atoms with Crippen molar-refractivity contribution in [2.24, 2.45) is 0 Å². The Morgan fingerprint density at radius 1 is 1.14 bits per heavy atom. The molecule has 144 valence electrons. The van der Waals surface area contributed by atoms with E-state index in [4.69, 9.17) is 4.74 Å². The molecule has 1 N–H and O–H groups in total. The lowest BCUT2D eigenvalue weighted by Gasteiger charge is -2.23. The lowest BCUT2D eigenvalue weighted by Crippen LogP contribution is -2.40. The summed E-state index contributed by atoms with van der Waals surface area (Å²) in [5.41, 5.74) is 1.42. The van der Waals surface area contributed by atoms with Crippen molar-refractivity contribution in [3.63, 3.8) is 0 Å². The second kappa shape index (κ2) is 7.42. The van der Waals surface area contributed by atoms with Crippen LogP contribution in [-0.4, -0.2) is 34.3 Å². The number of rotatable bonds is 4. The second-order valence-electron chi connectivity index (χ2n) is 6.77. The van der Waals surface area contributed by atoms with Crippen LogP contribution in [0.2, 0.25) is 0 Å². The van der Waals surface area contributed by atoms with Gasteiger partial charge in [0, 0.05) is 35.3 Å². The summed E-state index contributed by atoms with van der Waals surface area (Å²) in [5.74, 6) is -2.32. The number of aromatic nitrogens is 1. The zero-order valence-electron chi connectivity index (χ0n) is 15.0. The highest BCUT2D eigenvalue weighted by Crippen LogP contribution is 2.27. The van der Waals surface area contributed by atoms with Crippen molar-refractivity contribution < 1.29 is 23.1 Å². The first-order valence-corrected chi connectivity index (χ1v) is 9.02. The van der Waals surface area contributed by atoms with Gasteiger partial charge in [0.1, 0.15) is 6.61 Å². The van der Waals surface area contributed by atoms with Gasteiger partial charge in [-0.25, -0.2) is 13.6 Å². The van der Waals surface area contributed by atoms with Crippen molar-refractivity contribution in [3.05, 3.63) is 71.4 Å². The molecule has 3 aromatic rings. The number of halogens is 2. The molecule has 5 nitrogen and oxygen atoms in total. The van der Waals surface area contributed by atoms with E-state index in [1.165, 1.54) is 11.1 Å². The summed E-state index contributed by atoms with van der Waals surface area (Å²) in [5, 5.41) is 0.299. The van der Waals surface area contributed by atoms with Gasteiger partial charge in [-0.1, -0.05) is 30.3 Å². The van der Waals surface area contributed by atoms with Gasteiger partial charge in [-0.15, -0.1) is 0 Å². The summed E-state index contributed by atoms with van der Waals surface area (Å²) in [7, 11) is 0. The van der Waals surface area contributed by atoms with Crippen LogP contribution < -0.4 is 0 Å². The number of Topliss-reactive ketones (excluding diaryl/α,β-unsaturated/α-hetero) is 1. The van der Waals surface area contributed by atoms with Crippen molar-refractivity contribution in [1.82, 2.24) is 9.88 Å². The molecule has 0 bridgehead atoms. The van der Waals surface area contributed by atoms with Crippen molar-refractivity contribution in [3.8, 4) is 0 Å². The van der Waals surface area contributed by atoms with Crippen LogP contribution in [0.4, 0.5) is 13.6 Å². The summed E-state index contributed by atoms with van der Waals surface area (Å²) in [4.78, 5) is 29.7. The number of amides is 1. The summed E-state index contributed by atoms with van der Waals surface area (Å²) in [6.07, 6.45) is 2.03. The number of ether oxygens (including phenoxy) is 1. The van der Waals surface area contributed by atoms with Crippen LogP contribution in [0.25, 0.3) is 10.9 Å². The highest BCUT2D eigenvalue weighted by atomic mass is 19.2. The lowest BCUT2D eigenvalue weighted by molar-refractivity contribution is 0.0739. The third-order valence-corrected chi connectivity index (χ3v) is 4.98. The van der Waals surface area contributed by atoms with Gasteiger partial charge < -0.3 is 9.72 Å². The van der Waals surface area contributed by atoms with E-state index in [2.05, 4.69) is 4.98 Å². The van der Waals surface area contributed by atoms with Crippen LogP contribution >= 0.6 is 0 Å². The molecule has 1 saturated heterocycles. The summed E-state index contributed by atoms with van der Waals surface area (Å²) >= 11 is 0. The summed E-state index contributed by atoms with van der Waals surface area (Å²) in [6.45, 7) is 0.532. The Morgan fingerprint density at radius 3 is 2.68 bits per heavy atom. The Morgan fingerprint density at radius 2 is 1.89 bits per heavy atom. The number of likely N-dealkylation sites (tertiary alicyclic amines) is 1. The number of carbonyl (C=O) groups is 2. The number of fused-ring (bicyclic) bond motifs is 1. The van der Waals surface area contributed by atoms with Crippen LogP contribution in [0.5, 0.6) is 0 Å². The molecular formula is C21H18F2N2O3. The fourth-order valence-corrected chi connectivity index (χ4v) is 3.56. The number of H-pyrrole nitrogens is 1. The van der Waals surface area contributed by atoms with Crippen LogP contribution in [0, 0.1) is 11.6 Å². The zero-order chi connectivity index (χ0) is 19.7. The standard InChI is InChI=1S/C21H18F2N2O3/c22-16-9-14-15(11-24-18(14)10-17(16)23)20(26)19-7-4-8-25(19)21(27)28-12-13-5-2-1-3-6-13/h1-3,5-6,9-11,19,24H,4,7-8,12H2/t19-/m1/s1. The van der Waals surface area contributed by atoms with E-state index in [1.54, 1.807) is 0 Å². The van der Waals surface area contributed by atoms with Gasteiger partial charge >= 0.3 is 6.09 Å². The minimum absolute atomic E-state index is 0.120. The number of benzene rings is 2. The van der Waals surface area contributed by atoms with E-state index in [0.29, 0.717) is 30.3 Å². The highest BCUT2D eigenvalue weighted by molar-refractivity contribution is 6.11. The smallest absolute Gasteiger partial charge is 0.410 e.